The Morgan fingerprint density at radius 1 is 0.900 bits per heavy atom. The Labute approximate surface area is 180 Å². The number of nitrogens with one attached hydrogen (secondary N) is 1. The number of benzene rings is 2. The van der Waals surface area contributed by atoms with Crippen LogP contribution >= 0.6 is 0 Å². The van der Waals surface area contributed by atoms with Crippen LogP contribution in [0.5, 0.6) is 0 Å². The summed E-state index contributed by atoms with van der Waals surface area (Å²) < 4.78 is 0. The van der Waals surface area contributed by atoms with E-state index in [0.717, 1.165) is 57.9 Å². The molecule has 158 valence electrons. The Morgan fingerprint density at radius 3 is 2.27 bits per heavy atom. The van der Waals surface area contributed by atoms with E-state index >= 15 is 0 Å². The number of likely N-dealkylation sites (N-methyl/N-ethyl adjacent to an activating group) is 1. The lowest BCUT2D eigenvalue weighted by atomic mass is 10.00. The third-order valence-electron chi connectivity index (χ3n) is 6.14. The normalized spacial score (nSPS) is 18.2. The molecule has 0 atom stereocenters. The maximum atomic E-state index is 12.5. The highest BCUT2D eigenvalue weighted by atomic mass is 16.2. The maximum Gasteiger partial charge on any atom is 0.238 e. The van der Waals surface area contributed by atoms with E-state index in [1.54, 1.807) is 0 Å². The molecule has 0 saturated carbocycles. The molecule has 1 saturated heterocycles. The number of rotatable bonds is 6. The van der Waals surface area contributed by atoms with Gasteiger partial charge < -0.3 is 15.1 Å². The van der Waals surface area contributed by atoms with Gasteiger partial charge in [-0.1, -0.05) is 43.3 Å². The predicted octanol–water partition coefficient (Wildman–Crippen LogP) is 3.56. The van der Waals surface area contributed by atoms with Crippen LogP contribution in [-0.2, 0) is 4.79 Å². The summed E-state index contributed by atoms with van der Waals surface area (Å²) in [4.78, 5) is 19.6. The minimum Gasteiger partial charge on any atom is -0.369 e. The van der Waals surface area contributed by atoms with E-state index in [-0.39, 0.29) is 5.91 Å². The van der Waals surface area contributed by atoms with Crippen LogP contribution in [-0.4, -0.2) is 68.1 Å². The SMILES string of the molecule is CCN1CCN(c2ccc(NC(=O)CN3CC=C(c4ccccc4)CC3)cc2)CC1. The molecule has 2 heterocycles. The molecule has 0 aliphatic carbocycles. The van der Waals surface area contributed by atoms with Gasteiger partial charge in [-0.3, -0.25) is 9.69 Å². The Bertz CT molecular complexity index is 854. The van der Waals surface area contributed by atoms with E-state index in [2.05, 4.69) is 69.4 Å². The van der Waals surface area contributed by atoms with Gasteiger partial charge in [0.15, 0.2) is 0 Å². The van der Waals surface area contributed by atoms with E-state index in [0.29, 0.717) is 6.54 Å². The van der Waals surface area contributed by atoms with Crippen molar-refractivity contribution in [1.82, 2.24) is 9.80 Å². The van der Waals surface area contributed by atoms with Crippen LogP contribution in [0.15, 0.2) is 60.7 Å². The molecule has 5 heteroatoms. The minimum absolute atomic E-state index is 0.0517. The summed E-state index contributed by atoms with van der Waals surface area (Å²) in [6, 6.07) is 18.8. The summed E-state index contributed by atoms with van der Waals surface area (Å²) >= 11 is 0. The third-order valence-corrected chi connectivity index (χ3v) is 6.14. The fourth-order valence-electron chi connectivity index (χ4n) is 4.25. The summed E-state index contributed by atoms with van der Waals surface area (Å²) in [5.74, 6) is 0.0517. The minimum atomic E-state index is 0.0517. The average molecular weight is 405 g/mol. The molecule has 1 fully saturated rings. The molecular formula is C25H32N4O. The third kappa shape index (κ3) is 5.29. The van der Waals surface area contributed by atoms with Crippen LogP contribution in [0.1, 0.15) is 18.9 Å². The second-order valence-electron chi connectivity index (χ2n) is 8.10. The summed E-state index contributed by atoms with van der Waals surface area (Å²) in [5.41, 5.74) is 4.77. The summed E-state index contributed by atoms with van der Waals surface area (Å²) in [6.45, 7) is 9.86. The number of nitrogens with zero attached hydrogens (tertiary/aromatic N) is 3. The molecule has 30 heavy (non-hydrogen) atoms. The molecular weight excluding hydrogens is 372 g/mol. The molecule has 4 rings (SSSR count). The molecule has 2 aliphatic rings. The van der Waals surface area contributed by atoms with Gasteiger partial charge in [0, 0.05) is 50.6 Å². The van der Waals surface area contributed by atoms with Gasteiger partial charge in [0.1, 0.15) is 0 Å². The average Bonchev–Trinajstić information content (AvgIpc) is 2.81. The van der Waals surface area contributed by atoms with Gasteiger partial charge in [-0.05, 0) is 48.4 Å². The van der Waals surface area contributed by atoms with Gasteiger partial charge in [-0.2, -0.15) is 0 Å². The van der Waals surface area contributed by atoms with Gasteiger partial charge in [-0.25, -0.2) is 0 Å². The van der Waals surface area contributed by atoms with Crippen LogP contribution in [0, 0.1) is 0 Å². The van der Waals surface area contributed by atoms with Crippen LogP contribution in [0.25, 0.3) is 5.57 Å². The van der Waals surface area contributed by atoms with E-state index in [1.807, 2.05) is 18.2 Å². The van der Waals surface area contributed by atoms with Crippen molar-refractivity contribution < 1.29 is 4.79 Å². The first-order valence-electron chi connectivity index (χ1n) is 11.1. The van der Waals surface area contributed by atoms with Crippen LogP contribution in [0.2, 0.25) is 0 Å². The summed E-state index contributed by atoms with van der Waals surface area (Å²) in [5, 5.41) is 3.05. The number of amides is 1. The second-order valence-corrected chi connectivity index (χ2v) is 8.10. The maximum absolute atomic E-state index is 12.5. The van der Waals surface area contributed by atoms with Gasteiger partial charge in [0.25, 0.3) is 0 Å². The lowest BCUT2D eigenvalue weighted by Gasteiger charge is -2.35. The molecule has 0 aromatic heterocycles. The number of hydrogen-bond acceptors (Lipinski definition) is 4. The quantitative estimate of drug-likeness (QED) is 0.799. The Balaban J connectivity index is 1.25. The van der Waals surface area contributed by atoms with Crippen molar-refractivity contribution in [3.8, 4) is 0 Å². The molecule has 2 aromatic rings. The number of hydrogen-bond donors (Lipinski definition) is 1. The Kier molecular flexibility index (Phi) is 6.82. The van der Waals surface area contributed by atoms with Crippen molar-refractivity contribution in [2.75, 3.05) is 62.6 Å². The van der Waals surface area contributed by atoms with Crippen LogP contribution < -0.4 is 10.2 Å². The van der Waals surface area contributed by atoms with Gasteiger partial charge in [0.2, 0.25) is 5.91 Å². The molecule has 2 aromatic carbocycles. The number of carbonyl (C=O) groups excluding carboxylic acids is 1. The smallest absolute Gasteiger partial charge is 0.238 e. The second kappa shape index (κ2) is 9.92. The van der Waals surface area contributed by atoms with Crippen molar-refractivity contribution >= 4 is 22.9 Å². The number of anilines is 2. The first kappa shape index (κ1) is 20.6. The number of carbonyl (C=O) groups is 1. The Morgan fingerprint density at radius 2 is 1.63 bits per heavy atom. The van der Waals surface area contributed by atoms with Crippen molar-refractivity contribution in [3.63, 3.8) is 0 Å². The highest BCUT2D eigenvalue weighted by Gasteiger charge is 2.17. The standard InChI is InChI=1S/C25H32N4O/c1-2-27-16-18-29(19-17-27)24-10-8-23(9-11-24)26-25(30)20-28-14-12-22(13-15-28)21-6-4-3-5-7-21/h3-12H,2,13-20H2,1H3,(H,26,30). The first-order valence-corrected chi connectivity index (χ1v) is 11.1. The van der Waals surface area contributed by atoms with E-state index in [4.69, 9.17) is 0 Å². The lowest BCUT2D eigenvalue weighted by molar-refractivity contribution is -0.117. The molecule has 1 N–H and O–H groups in total. The number of piperazine rings is 1. The zero-order valence-electron chi connectivity index (χ0n) is 17.9. The highest BCUT2D eigenvalue weighted by molar-refractivity contribution is 5.92. The molecule has 0 spiro atoms. The Hall–Kier alpha value is -2.63. The van der Waals surface area contributed by atoms with E-state index in [9.17, 15) is 4.79 Å². The van der Waals surface area contributed by atoms with Crippen molar-refractivity contribution in [2.24, 2.45) is 0 Å². The summed E-state index contributed by atoms with van der Waals surface area (Å²) in [6.07, 6.45) is 3.23. The first-order chi connectivity index (χ1) is 14.7. The van der Waals surface area contributed by atoms with Gasteiger partial charge >= 0.3 is 0 Å². The predicted molar refractivity (Wildman–Crippen MR) is 125 cm³/mol. The molecule has 0 radical (unpaired) electrons. The fourth-order valence-corrected chi connectivity index (χ4v) is 4.25. The van der Waals surface area contributed by atoms with Crippen LogP contribution in [0.3, 0.4) is 0 Å². The van der Waals surface area contributed by atoms with Crippen molar-refractivity contribution in [3.05, 3.63) is 66.2 Å². The summed E-state index contributed by atoms with van der Waals surface area (Å²) in [7, 11) is 0. The lowest BCUT2D eigenvalue weighted by Crippen LogP contribution is -2.46. The van der Waals surface area contributed by atoms with Gasteiger partial charge in [-0.15, -0.1) is 0 Å². The molecule has 2 aliphatic heterocycles. The topological polar surface area (TPSA) is 38.8 Å². The van der Waals surface area contributed by atoms with Crippen molar-refractivity contribution in [1.29, 1.82) is 0 Å². The molecule has 1 amide bonds. The molecule has 5 nitrogen and oxygen atoms in total. The monoisotopic (exact) mass is 404 g/mol. The fraction of sp³-hybridized carbons (Fsp3) is 0.400. The zero-order chi connectivity index (χ0) is 20.8. The highest BCUT2D eigenvalue weighted by Crippen LogP contribution is 2.22. The zero-order valence-corrected chi connectivity index (χ0v) is 17.9. The molecule has 0 bridgehead atoms. The van der Waals surface area contributed by atoms with E-state index in [1.165, 1.54) is 16.8 Å². The largest absolute Gasteiger partial charge is 0.369 e. The van der Waals surface area contributed by atoms with Gasteiger partial charge in [0.05, 0.1) is 6.54 Å². The van der Waals surface area contributed by atoms with Crippen molar-refractivity contribution in [2.45, 2.75) is 13.3 Å². The molecule has 0 unspecified atom stereocenters. The van der Waals surface area contributed by atoms with Crippen LogP contribution in [0.4, 0.5) is 11.4 Å². The van der Waals surface area contributed by atoms with E-state index < -0.39 is 0 Å².